The van der Waals surface area contributed by atoms with Gasteiger partial charge in [0.15, 0.2) is 11.6 Å². The number of carbonyl (C=O) groups is 2. The van der Waals surface area contributed by atoms with Crippen LogP contribution in [0, 0.1) is 5.41 Å². The van der Waals surface area contributed by atoms with E-state index in [0.29, 0.717) is 66.8 Å². The Balaban J connectivity index is 1.45. The lowest BCUT2D eigenvalue weighted by atomic mass is 9.76. The zero-order chi connectivity index (χ0) is 23.9. The van der Waals surface area contributed by atoms with E-state index in [0.717, 1.165) is 16.5 Å². The fourth-order valence-corrected chi connectivity index (χ4v) is 5.07. The highest BCUT2D eigenvalue weighted by molar-refractivity contribution is 6.25. The topological polar surface area (TPSA) is 92.8 Å². The molecule has 1 N–H and O–H groups in total. The molecule has 6 heteroatoms. The molecule has 34 heavy (non-hydrogen) atoms. The van der Waals surface area contributed by atoms with Crippen molar-refractivity contribution >= 4 is 33.7 Å². The van der Waals surface area contributed by atoms with Crippen molar-refractivity contribution < 1.29 is 19.2 Å². The van der Waals surface area contributed by atoms with Crippen molar-refractivity contribution in [3.8, 4) is 0 Å². The van der Waals surface area contributed by atoms with Crippen LogP contribution in [-0.4, -0.2) is 27.5 Å². The van der Waals surface area contributed by atoms with Gasteiger partial charge in [0.1, 0.15) is 11.5 Å². The second-order valence-electron chi connectivity index (χ2n) is 10.0. The Kier molecular flexibility index (Phi) is 5.68. The molecule has 0 unspecified atom stereocenters. The number of hydrogen-bond acceptors (Lipinski definition) is 6. The van der Waals surface area contributed by atoms with Gasteiger partial charge in [0.2, 0.25) is 0 Å². The first-order valence-corrected chi connectivity index (χ1v) is 11.8. The zero-order valence-electron chi connectivity index (χ0n) is 19.6. The number of benzene rings is 2. The molecule has 2 aliphatic carbocycles. The van der Waals surface area contributed by atoms with Gasteiger partial charge in [-0.05, 0) is 29.7 Å². The van der Waals surface area contributed by atoms with Crippen molar-refractivity contribution in [2.45, 2.75) is 58.8 Å². The van der Waals surface area contributed by atoms with Crippen LogP contribution in [0.2, 0.25) is 0 Å². The molecule has 5 rings (SSSR count). The van der Waals surface area contributed by atoms with Crippen LogP contribution in [0.4, 0.5) is 5.69 Å². The largest absolute Gasteiger partial charge is 0.511 e. The number of rotatable bonds is 4. The lowest BCUT2D eigenvalue weighted by Crippen LogP contribution is -2.26. The number of fused-ring (bicyclic) bond motifs is 2. The van der Waals surface area contributed by atoms with E-state index in [1.165, 1.54) is 0 Å². The Labute approximate surface area is 198 Å². The molecule has 6 nitrogen and oxygen atoms in total. The molecule has 1 fully saturated rings. The number of aryl methyl sites for hydroxylation is 1. The first-order chi connectivity index (χ1) is 16.3. The van der Waals surface area contributed by atoms with E-state index in [1.807, 2.05) is 56.3 Å². The standard InChI is InChI=1S/C28H28N2O4/c1-28(2)15-24(33)27-21(30-34-25(27)16-28)13-14-23(32)26-20(11-6-12-22(26)31)29-19-10-5-8-17-7-3-4-9-18(17)19/h3-5,7-10,32H,6,11-16H2,1-2H3. The number of aliphatic hydroxyl groups is 1. The van der Waals surface area contributed by atoms with E-state index in [-0.39, 0.29) is 29.2 Å². The van der Waals surface area contributed by atoms with Gasteiger partial charge in [-0.2, -0.15) is 0 Å². The summed E-state index contributed by atoms with van der Waals surface area (Å²) >= 11 is 0. The van der Waals surface area contributed by atoms with Crippen molar-refractivity contribution in [2.24, 2.45) is 10.4 Å². The second-order valence-corrected chi connectivity index (χ2v) is 10.0. The summed E-state index contributed by atoms with van der Waals surface area (Å²) in [6.07, 6.45) is 3.36. The van der Waals surface area contributed by atoms with Gasteiger partial charge in [-0.1, -0.05) is 55.4 Å². The summed E-state index contributed by atoms with van der Waals surface area (Å²) in [5, 5.41) is 17.2. The van der Waals surface area contributed by atoms with Gasteiger partial charge in [0.05, 0.1) is 28.2 Å². The second kappa shape index (κ2) is 8.67. The molecular weight excluding hydrogens is 428 g/mol. The van der Waals surface area contributed by atoms with Gasteiger partial charge >= 0.3 is 0 Å². The minimum atomic E-state index is -0.146. The molecule has 0 radical (unpaired) electrons. The maximum Gasteiger partial charge on any atom is 0.168 e. The molecular formula is C28H28N2O4. The minimum Gasteiger partial charge on any atom is -0.511 e. The van der Waals surface area contributed by atoms with Crippen molar-refractivity contribution in [3.05, 3.63) is 70.8 Å². The highest BCUT2D eigenvalue weighted by Crippen LogP contribution is 2.37. The number of Topliss-reactive ketones (excluding diaryl/α,β-unsaturated/α-hetero) is 2. The normalized spacial score (nSPS) is 20.6. The molecule has 0 bridgehead atoms. The van der Waals surface area contributed by atoms with Crippen LogP contribution in [0.25, 0.3) is 10.8 Å². The Morgan fingerprint density at radius 2 is 1.85 bits per heavy atom. The molecule has 0 saturated heterocycles. The van der Waals surface area contributed by atoms with Gasteiger partial charge in [0.25, 0.3) is 0 Å². The van der Waals surface area contributed by atoms with Crippen molar-refractivity contribution in [1.82, 2.24) is 5.16 Å². The Morgan fingerprint density at radius 3 is 2.71 bits per heavy atom. The monoisotopic (exact) mass is 456 g/mol. The lowest BCUT2D eigenvalue weighted by molar-refractivity contribution is -0.115. The van der Waals surface area contributed by atoms with Gasteiger partial charge in [-0.25, -0.2) is 0 Å². The molecule has 0 spiro atoms. The van der Waals surface area contributed by atoms with Gasteiger partial charge < -0.3 is 9.63 Å². The molecule has 0 aliphatic heterocycles. The maximum atomic E-state index is 12.8. The molecule has 2 aliphatic rings. The quantitative estimate of drug-likeness (QED) is 0.370. The number of aromatic nitrogens is 1. The average Bonchev–Trinajstić information content (AvgIpc) is 3.20. The zero-order valence-corrected chi connectivity index (χ0v) is 19.6. The third kappa shape index (κ3) is 4.20. The number of aliphatic imine (C=N–C) groups is 1. The molecule has 0 atom stereocenters. The Morgan fingerprint density at radius 1 is 1.06 bits per heavy atom. The summed E-state index contributed by atoms with van der Waals surface area (Å²) < 4.78 is 5.47. The first-order valence-electron chi connectivity index (χ1n) is 11.8. The van der Waals surface area contributed by atoms with E-state index in [9.17, 15) is 14.7 Å². The molecule has 0 amide bonds. The molecule has 3 aromatic rings. The molecule has 174 valence electrons. The van der Waals surface area contributed by atoms with Gasteiger partial charge in [-0.15, -0.1) is 0 Å². The fourth-order valence-electron chi connectivity index (χ4n) is 5.07. The van der Waals surface area contributed by atoms with Crippen molar-refractivity contribution in [3.63, 3.8) is 0 Å². The highest BCUT2D eigenvalue weighted by Gasteiger charge is 2.36. The Bertz CT molecular complexity index is 1350. The summed E-state index contributed by atoms with van der Waals surface area (Å²) in [7, 11) is 0. The van der Waals surface area contributed by atoms with Gasteiger partial charge in [-0.3, -0.25) is 14.6 Å². The van der Waals surface area contributed by atoms with Crippen LogP contribution >= 0.6 is 0 Å². The summed E-state index contributed by atoms with van der Waals surface area (Å²) in [5.74, 6) is 0.559. The van der Waals surface area contributed by atoms with Crippen LogP contribution in [-0.2, 0) is 17.6 Å². The van der Waals surface area contributed by atoms with Crippen molar-refractivity contribution in [2.75, 3.05) is 0 Å². The van der Waals surface area contributed by atoms with Crippen molar-refractivity contribution in [1.29, 1.82) is 0 Å². The summed E-state index contributed by atoms with van der Waals surface area (Å²) in [5.41, 5.74) is 2.67. The van der Waals surface area contributed by atoms with Crippen LogP contribution in [0.3, 0.4) is 0 Å². The van der Waals surface area contributed by atoms with Crippen LogP contribution in [0.5, 0.6) is 0 Å². The first kappa shape index (κ1) is 22.3. The number of carbonyl (C=O) groups excluding carboxylic acids is 2. The third-order valence-corrected chi connectivity index (χ3v) is 6.68. The fraction of sp³-hybridized carbons (Fsp3) is 0.357. The highest BCUT2D eigenvalue weighted by atomic mass is 16.5. The third-order valence-electron chi connectivity index (χ3n) is 6.68. The van der Waals surface area contributed by atoms with E-state index in [1.54, 1.807) is 0 Å². The summed E-state index contributed by atoms with van der Waals surface area (Å²) in [6.45, 7) is 4.08. The number of aliphatic hydroxyl groups excluding tert-OH is 1. The lowest BCUT2D eigenvalue weighted by Gasteiger charge is -2.26. The number of nitrogens with zero attached hydrogens (tertiary/aromatic N) is 2. The minimum absolute atomic E-state index is 0.00373. The summed E-state index contributed by atoms with van der Waals surface area (Å²) in [4.78, 5) is 30.4. The van der Waals surface area contributed by atoms with E-state index < -0.39 is 0 Å². The van der Waals surface area contributed by atoms with E-state index >= 15 is 0 Å². The Hall–Kier alpha value is -3.54. The van der Waals surface area contributed by atoms with E-state index in [2.05, 4.69) is 5.16 Å². The predicted molar refractivity (Wildman–Crippen MR) is 131 cm³/mol. The smallest absolute Gasteiger partial charge is 0.168 e. The molecule has 1 heterocycles. The van der Waals surface area contributed by atoms with E-state index in [4.69, 9.17) is 9.52 Å². The number of hydrogen-bond donors (Lipinski definition) is 1. The summed E-state index contributed by atoms with van der Waals surface area (Å²) in [6, 6.07) is 13.9. The molecule has 1 aromatic heterocycles. The predicted octanol–water partition coefficient (Wildman–Crippen LogP) is 6.25. The van der Waals surface area contributed by atoms with Crippen LogP contribution in [0.1, 0.15) is 67.8 Å². The average molecular weight is 457 g/mol. The van der Waals surface area contributed by atoms with Gasteiger partial charge in [0, 0.05) is 37.5 Å². The number of ketones is 2. The molecule has 2 aromatic carbocycles. The SMILES string of the molecule is CC1(C)CC(=O)c2c(CCC(O)=C3C(=O)CCCC3=Nc3cccc4ccccc34)noc2C1. The number of allylic oxidation sites excluding steroid dienone is 2. The maximum absolute atomic E-state index is 12.8. The van der Waals surface area contributed by atoms with Crippen LogP contribution in [0.15, 0.2) is 63.3 Å². The van der Waals surface area contributed by atoms with Crippen LogP contribution < -0.4 is 0 Å². The molecule has 1 saturated carbocycles.